The molecule has 0 heterocycles. The van der Waals surface area contributed by atoms with Gasteiger partial charge in [0.25, 0.3) is 0 Å². The van der Waals surface area contributed by atoms with Gasteiger partial charge in [-0.1, -0.05) is 23.7 Å². The van der Waals surface area contributed by atoms with Crippen LogP contribution in [-0.4, -0.2) is 11.1 Å². The van der Waals surface area contributed by atoms with Crippen LogP contribution in [0.2, 0.25) is 5.02 Å². The molecule has 0 bridgehead atoms. The summed E-state index contributed by atoms with van der Waals surface area (Å²) < 4.78 is 13.2. The van der Waals surface area contributed by atoms with Crippen molar-refractivity contribution in [1.29, 1.82) is 0 Å². The Bertz CT molecular complexity index is 363. The van der Waals surface area contributed by atoms with Gasteiger partial charge in [0.2, 0.25) is 0 Å². The molecule has 1 rings (SSSR count). The molecule has 4 heteroatoms. The molecule has 0 amide bonds. The smallest absolute Gasteiger partial charge is 0.303 e. The first kappa shape index (κ1) is 11.0. The van der Waals surface area contributed by atoms with Gasteiger partial charge in [0.1, 0.15) is 5.82 Å². The number of hydrogen-bond acceptors (Lipinski definition) is 1. The molecule has 0 saturated heterocycles. The zero-order valence-electron chi connectivity index (χ0n) is 7.68. The highest BCUT2D eigenvalue weighted by atomic mass is 35.5. The predicted molar refractivity (Wildman–Crippen MR) is 52.1 cm³/mol. The van der Waals surface area contributed by atoms with Crippen LogP contribution in [0.1, 0.15) is 17.5 Å². The van der Waals surface area contributed by atoms with E-state index < -0.39 is 11.8 Å². The molecule has 0 aliphatic rings. The number of halogens is 2. The van der Waals surface area contributed by atoms with Crippen molar-refractivity contribution in [3.05, 3.63) is 34.1 Å². The first-order valence-corrected chi connectivity index (χ1v) is 4.55. The molecule has 76 valence electrons. The highest BCUT2D eigenvalue weighted by Gasteiger charge is 2.09. The third kappa shape index (κ3) is 2.45. The second-order valence-corrected chi connectivity index (χ2v) is 3.44. The monoisotopic (exact) mass is 216 g/mol. The molecule has 14 heavy (non-hydrogen) atoms. The summed E-state index contributed by atoms with van der Waals surface area (Å²) in [6.45, 7) is 1.61. The van der Waals surface area contributed by atoms with Gasteiger partial charge in [-0.15, -0.1) is 0 Å². The van der Waals surface area contributed by atoms with Crippen LogP contribution < -0.4 is 0 Å². The first-order valence-electron chi connectivity index (χ1n) is 4.17. The lowest BCUT2D eigenvalue weighted by Gasteiger charge is -2.05. The van der Waals surface area contributed by atoms with E-state index in [4.69, 9.17) is 16.7 Å². The molecule has 0 spiro atoms. The number of hydrogen-bond donors (Lipinski definition) is 1. The fourth-order valence-corrected chi connectivity index (χ4v) is 1.43. The van der Waals surface area contributed by atoms with E-state index >= 15 is 0 Å². The number of carboxylic acid groups (broad SMARTS) is 1. The fourth-order valence-electron chi connectivity index (χ4n) is 1.12. The van der Waals surface area contributed by atoms with E-state index in [0.717, 1.165) is 0 Å². The molecular weight excluding hydrogens is 207 g/mol. The zero-order chi connectivity index (χ0) is 10.7. The van der Waals surface area contributed by atoms with Gasteiger partial charge >= 0.3 is 5.97 Å². The average molecular weight is 217 g/mol. The Kier molecular flexibility index (Phi) is 3.47. The van der Waals surface area contributed by atoms with Gasteiger partial charge in [-0.2, -0.15) is 0 Å². The van der Waals surface area contributed by atoms with Crippen molar-refractivity contribution < 1.29 is 14.3 Å². The largest absolute Gasteiger partial charge is 0.481 e. The van der Waals surface area contributed by atoms with Crippen LogP contribution in [0.15, 0.2) is 12.1 Å². The number of carboxylic acids is 1. The number of rotatable bonds is 3. The predicted octanol–water partition coefficient (Wildman–Crippen LogP) is 2.80. The van der Waals surface area contributed by atoms with E-state index in [1.807, 2.05) is 0 Å². The molecule has 0 aliphatic heterocycles. The summed E-state index contributed by atoms with van der Waals surface area (Å²) in [6, 6.07) is 3.25. The minimum atomic E-state index is -0.915. The van der Waals surface area contributed by atoms with E-state index in [2.05, 4.69) is 0 Å². The Balaban J connectivity index is 2.88. The summed E-state index contributed by atoms with van der Waals surface area (Å²) >= 11 is 5.71. The quantitative estimate of drug-likeness (QED) is 0.844. The second kappa shape index (κ2) is 4.42. The van der Waals surface area contributed by atoms with Crippen molar-refractivity contribution in [3.8, 4) is 0 Å². The van der Waals surface area contributed by atoms with Crippen LogP contribution in [-0.2, 0) is 11.2 Å². The maximum Gasteiger partial charge on any atom is 0.303 e. The molecule has 0 aromatic heterocycles. The van der Waals surface area contributed by atoms with Crippen molar-refractivity contribution >= 4 is 17.6 Å². The van der Waals surface area contributed by atoms with Crippen LogP contribution in [0.4, 0.5) is 4.39 Å². The van der Waals surface area contributed by atoms with Gasteiger partial charge in [-0.25, -0.2) is 4.39 Å². The van der Waals surface area contributed by atoms with Gasteiger partial charge in [0.15, 0.2) is 0 Å². The molecule has 0 radical (unpaired) electrons. The third-order valence-corrected chi connectivity index (χ3v) is 2.37. The number of aryl methyl sites for hydroxylation is 2. The van der Waals surface area contributed by atoms with Crippen molar-refractivity contribution in [3.63, 3.8) is 0 Å². The molecular formula is C10H10ClFO2. The van der Waals surface area contributed by atoms with Crippen molar-refractivity contribution in [2.75, 3.05) is 0 Å². The maximum absolute atomic E-state index is 13.2. The average Bonchev–Trinajstić information content (AvgIpc) is 2.13. The lowest BCUT2D eigenvalue weighted by atomic mass is 10.1. The van der Waals surface area contributed by atoms with Crippen LogP contribution in [0, 0.1) is 12.7 Å². The molecule has 0 atom stereocenters. The number of benzene rings is 1. The maximum atomic E-state index is 13.2. The Morgan fingerprint density at radius 2 is 2.21 bits per heavy atom. The summed E-state index contributed by atoms with van der Waals surface area (Å²) in [5.41, 5.74) is 1.01. The molecule has 1 aromatic carbocycles. The van der Waals surface area contributed by atoms with E-state index in [1.165, 1.54) is 0 Å². The summed E-state index contributed by atoms with van der Waals surface area (Å²) in [7, 11) is 0. The van der Waals surface area contributed by atoms with Gasteiger partial charge in [0.05, 0.1) is 5.02 Å². The Hall–Kier alpha value is -1.09. The zero-order valence-corrected chi connectivity index (χ0v) is 8.44. The Labute approximate surface area is 86.3 Å². The van der Waals surface area contributed by atoms with Crippen LogP contribution in [0.25, 0.3) is 0 Å². The van der Waals surface area contributed by atoms with Crippen molar-refractivity contribution in [2.24, 2.45) is 0 Å². The topological polar surface area (TPSA) is 37.3 Å². The summed E-state index contributed by atoms with van der Waals surface area (Å²) in [4.78, 5) is 10.3. The van der Waals surface area contributed by atoms with Gasteiger partial charge in [-0.3, -0.25) is 4.79 Å². The molecule has 1 N–H and O–H groups in total. The minimum Gasteiger partial charge on any atom is -0.481 e. The number of aliphatic carboxylic acids is 1. The molecule has 2 nitrogen and oxygen atoms in total. The van der Waals surface area contributed by atoms with Crippen molar-refractivity contribution in [1.82, 2.24) is 0 Å². The van der Waals surface area contributed by atoms with E-state index in [9.17, 15) is 9.18 Å². The summed E-state index contributed by atoms with van der Waals surface area (Å²) in [6.07, 6.45) is 0.216. The highest BCUT2D eigenvalue weighted by Crippen LogP contribution is 2.23. The van der Waals surface area contributed by atoms with Crippen LogP contribution >= 0.6 is 11.6 Å². The first-order chi connectivity index (χ1) is 6.52. The Morgan fingerprint density at radius 1 is 1.57 bits per heavy atom. The van der Waals surface area contributed by atoms with Gasteiger partial charge < -0.3 is 5.11 Å². The van der Waals surface area contributed by atoms with Crippen molar-refractivity contribution in [2.45, 2.75) is 19.8 Å². The number of carbonyl (C=O) groups is 1. The standard InChI is InChI=1S/C10H10ClFO2/c1-6-2-3-7(4-5-8(13)14)9(11)10(6)12/h2-3H,4-5H2,1H3,(H,13,14). The minimum absolute atomic E-state index is 0.0336. The summed E-state index contributed by atoms with van der Waals surface area (Å²) in [5.74, 6) is -1.38. The summed E-state index contributed by atoms with van der Waals surface area (Å²) in [5, 5.41) is 8.49. The third-order valence-electron chi connectivity index (χ3n) is 1.96. The lowest BCUT2D eigenvalue weighted by Crippen LogP contribution is -1.99. The molecule has 0 unspecified atom stereocenters. The lowest BCUT2D eigenvalue weighted by molar-refractivity contribution is -0.136. The van der Waals surface area contributed by atoms with E-state index in [-0.39, 0.29) is 17.9 Å². The van der Waals surface area contributed by atoms with E-state index in [0.29, 0.717) is 11.1 Å². The highest BCUT2D eigenvalue weighted by molar-refractivity contribution is 6.31. The fraction of sp³-hybridized carbons (Fsp3) is 0.300. The van der Waals surface area contributed by atoms with Gasteiger partial charge in [-0.05, 0) is 24.5 Å². The Morgan fingerprint density at radius 3 is 2.79 bits per heavy atom. The van der Waals surface area contributed by atoms with Crippen LogP contribution in [0.3, 0.4) is 0 Å². The van der Waals surface area contributed by atoms with E-state index in [1.54, 1.807) is 19.1 Å². The SMILES string of the molecule is Cc1ccc(CCC(=O)O)c(Cl)c1F. The molecule has 0 fully saturated rings. The molecule has 0 aliphatic carbocycles. The normalized spacial score (nSPS) is 10.2. The second-order valence-electron chi connectivity index (χ2n) is 3.06. The molecule has 1 aromatic rings. The van der Waals surface area contributed by atoms with Crippen LogP contribution in [0.5, 0.6) is 0 Å². The van der Waals surface area contributed by atoms with Gasteiger partial charge in [0, 0.05) is 6.42 Å². The molecule has 0 saturated carbocycles.